The number of halogens is 1. The number of hydrogen-bond acceptors (Lipinski definition) is 4. The zero-order valence-corrected chi connectivity index (χ0v) is 14.1. The fraction of sp³-hybridized carbons (Fsp3) is 0. The molecule has 0 fully saturated rings. The highest BCUT2D eigenvalue weighted by Crippen LogP contribution is 2.27. The third-order valence-corrected chi connectivity index (χ3v) is 8.80. The summed E-state index contributed by atoms with van der Waals surface area (Å²) in [6, 6.07) is 16.4. The van der Waals surface area contributed by atoms with E-state index in [9.17, 15) is 16.8 Å². The monoisotopic (exact) mass is 366 g/mol. The summed E-state index contributed by atoms with van der Waals surface area (Å²) < 4.78 is 50.1. The maximum absolute atomic E-state index is 12.6. The van der Waals surface area contributed by atoms with Gasteiger partial charge in [0, 0.05) is 5.02 Å². The van der Waals surface area contributed by atoms with Gasteiger partial charge in [-0.25, -0.2) is 16.8 Å². The van der Waals surface area contributed by atoms with Gasteiger partial charge in [0.05, 0.1) is 9.79 Å². The van der Waals surface area contributed by atoms with Crippen LogP contribution in [0.3, 0.4) is 0 Å². The summed E-state index contributed by atoms with van der Waals surface area (Å²) in [5.74, 6) is 0. The fourth-order valence-corrected chi connectivity index (χ4v) is 5.95. The summed E-state index contributed by atoms with van der Waals surface area (Å²) in [5.41, 5.74) is 0. The molecule has 3 aromatic carbocycles. The lowest BCUT2D eigenvalue weighted by atomic mass is 10.1. The summed E-state index contributed by atoms with van der Waals surface area (Å²) in [7, 11) is -9.13. The van der Waals surface area contributed by atoms with Gasteiger partial charge in [-0.3, -0.25) is 0 Å². The lowest BCUT2D eigenvalue weighted by Crippen LogP contribution is -2.16. The van der Waals surface area contributed by atoms with Crippen LogP contribution in [0.25, 0.3) is 10.8 Å². The van der Waals surface area contributed by atoms with Crippen LogP contribution < -0.4 is 0 Å². The van der Waals surface area contributed by atoms with E-state index in [1.54, 1.807) is 18.2 Å². The zero-order chi connectivity index (χ0) is 16.7. The first kappa shape index (κ1) is 16.0. The third kappa shape index (κ3) is 2.73. The molecule has 3 rings (SSSR count). The molecule has 0 saturated heterocycles. The first-order valence-corrected chi connectivity index (χ1v) is 10.4. The highest BCUT2D eigenvalue weighted by atomic mass is 35.5. The van der Waals surface area contributed by atoms with Crippen LogP contribution in [0.2, 0.25) is 5.02 Å². The van der Waals surface area contributed by atoms with E-state index in [0.29, 0.717) is 10.4 Å². The van der Waals surface area contributed by atoms with E-state index < -0.39 is 17.7 Å². The first-order chi connectivity index (χ1) is 10.8. The van der Waals surface area contributed by atoms with Gasteiger partial charge < -0.3 is 0 Å². The van der Waals surface area contributed by atoms with E-state index in [0.717, 1.165) is 5.39 Å². The first-order valence-electron chi connectivity index (χ1n) is 6.57. The molecular weight excluding hydrogens is 356 g/mol. The summed E-state index contributed by atoms with van der Waals surface area (Å²) in [6.07, 6.45) is 0. The second-order valence-corrected chi connectivity index (χ2v) is 10.7. The lowest BCUT2D eigenvalue weighted by molar-refractivity contribution is 0.582. The van der Waals surface area contributed by atoms with Gasteiger partial charge >= 0.3 is 0 Å². The molecule has 0 spiro atoms. The van der Waals surface area contributed by atoms with Crippen LogP contribution in [0.4, 0.5) is 0 Å². The summed E-state index contributed by atoms with van der Waals surface area (Å²) in [6.45, 7) is 0. The van der Waals surface area contributed by atoms with Crippen molar-refractivity contribution in [1.82, 2.24) is 0 Å². The van der Waals surface area contributed by atoms with Crippen LogP contribution in [0.5, 0.6) is 0 Å². The summed E-state index contributed by atoms with van der Waals surface area (Å²) >= 11 is 5.71. The predicted octanol–water partition coefficient (Wildman–Crippen LogP) is 3.66. The van der Waals surface area contributed by atoms with Gasteiger partial charge in [-0.2, -0.15) is 0 Å². The Labute approximate surface area is 138 Å². The Balaban J connectivity index is 2.17. The molecule has 0 aliphatic carbocycles. The number of rotatable bonds is 3. The Kier molecular flexibility index (Phi) is 3.91. The zero-order valence-electron chi connectivity index (χ0n) is 11.7. The van der Waals surface area contributed by atoms with Gasteiger partial charge in [0.15, 0.2) is 0 Å². The molecule has 118 valence electrons. The van der Waals surface area contributed by atoms with Crippen LogP contribution in [-0.4, -0.2) is 16.8 Å². The molecule has 0 saturated carbocycles. The summed E-state index contributed by atoms with van der Waals surface area (Å²) in [5, 5.41) is 1.81. The van der Waals surface area contributed by atoms with Gasteiger partial charge in [0.1, 0.15) is 0 Å². The molecule has 3 aromatic rings. The molecule has 0 aliphatic heterocycles. The average Bonchev–Trinajstić information content (AvgIpc) is 2.54. The molecule has 0 atom stereocenters. The molecule has 0 unspecified atom stereocenters. The predicted molar refractivity (Wildman–Crippen MR) is 89.8 cm³/mol. The van der Waals surface area contributed by atoms with Gasteiger partial charge in [0.2, 0.25) is 0 Å². The maximum atomic E-state index is 12.6. The second-order valence-electron chi connectivity index (χ2n) is 4.87. The Bertz CT molecular complexity index is 1090. The Morgan fingerprint density at radius 1 is 0.609 bits per heavy atom. The Morgan fingerprint density at radius 3 is 1.78 bits per heavy atom. The van der Waals surface area contributed by atoms with Gasteiger partial charge in [-0.05, 0) is 47.2 Å². The second kappa shape index (κ2) is 5.63. The molecule has 4 nitrogen and oxygen atoms in total. The number of fused-ring (bicyclic) bond motifs is 1. The van der Waals surface area contributed by atoms with Crippen LogP contribution >= 0.6 is 11.6 Å². The SMILES string of the molecule is O=S(=O)(c1ccc(Cl)cc1)S(=O)(=O)c1ccc2ccccc2c1. The molecule has 0 amide bonds. The van der Waals surface area contributed by atoms with Crippen molar-refractivity contribution in [1.29, 1.82) is 0 Å². The van der Waals surface area contributed by atoms with E-state index in [1.165, 1.54) is 36.4 Å². The van der Waals surface area contributed by atoms with E-state index in [2.05, 4.69) is 0 Å². The highest BCUT2D eigenvalue weighted by molar-refractivity contribution is 8.67. The van der Waals surface area contributed by atoms with Crippen molar-refractivity contribution in [2.45, 2.75) is 9.79 Å². The highest BCUT2D eigenvalue weighted by Gasteiger charge is 2.33. The minimum atomic E-state index is -4.57. The number of hydrogen-bond donors (Lipinski definition) is 0. The number of benzene rings is 3. The summed E-state index contributed by atoms with van der Waals surface area (Å²) in [4.78, 5) is -0.568. The molecule has 7 heteroatoms. The van der Waals surface area contributed by atoms with Crippen molar-refractivity contribution < 1.29 is 16.8 Å². The van der Waals surface area contributed by atoms with Gasteiger partial charge in [0.25, 0.3) is 17.7 Å². The molecule has 0 heterocycles. The molecular formula is C16H11ClO4S2. The van der Waals surface area contributed by atoms with Crippen molar-refractivity contribution >= 4 is 40.1 Å². The maximum Gasteiger partial charge on any atom is 0.286 e. The Morgan fingerprint density at radius 2 is 1.13 bits per heavy atom. The van der Waals surface area contributed by atoms with Crippen LogP contribution in [0, 0.1) is 0 Å². The van der Waals surface area contributed by atoms with Crippen LogP contribution in [0.1, 0.15) is 0 Å². The lowest BCUT2D eigenvalue weighted by Gasteiger charge is -2.07. The fourth-order valence-electron chi connectivity index (χ4n) is 2.18. The van der Waals surface area contributed by atoms with Crippen molar-refractivity contribution in [3.63, 3.8) is 0 Å². The molecule has 0 bridgehead atoms. The van der Waals surface area contributed by atoms with E-state index in [1.807, 2.05) is 12.1 Å². The smallest absolute Gasteiger partial charge is 0.207 e. The van der Waals surface area contributed by atoms with Crippen molar-refractivity contribution in [3.05, 3.63) is 71.8 Å². The molecule has 0 aromatic heterocycles. The molecule has 0 N–H and O–H groups in total. The van der Waals surface area contributed by atoms with Crippen molar-refractivity contribution in [2.24, 2.45) is 0 Å². The minimum absolute atomic E-state index is 0.258. The van der Waals surface area contributed by atoms with Crippen LogP contribution in [-0.2, 0) is 17.7 Å². The minimum Gasteiger partial charge on any atom is -0.207 e. The Hall–Kier alpha value is -1.89. The molecule has 0 aliphatic rings. The molecule has 0 radical (unpaired) electrons. The topological polar surface area (TPSA) is 68.3 Å². The van der Waals surface area contributed by atoms with Crippen LogP contribution in [0.15, 0.2) is 76.5 Å². The van der Waals surface area contributed by atoms with Crippen molar-refractivity contribution in [3.8, 4) is 0 Å². The molecule has 23 heavy (non-hydrogen) atoms. The third-order valence-electron chi connectivity index (χ3n) is 3.40. The quantitative estimate of drug-likeness (QED) is 0.663. The normalized spacial score (nSPS) is 12.4. The van der Waals surface area contributed by atoms with E-state index in [-0.39, 0.29) is 9.79 Å². The largest absolute Gasteiger partial charge is 0.286 e. The standard InChI is InChI=1S/C16H11ClO4S2/c17-14-6-9-15(10-7-14)22(18,19)23(20,21)16-8-5-12-3-1-2-4-13(12)11-16/h1-11H. The van der Waals surface area contributed by atoms with E-state index >= 15 is 0 Å². The average molecular weight is 367 g/mol. The van der Waals surface area contributed by atoms with Gasteiger partial charge in [-0.15, -0.1) is 0 Å². The van der Waals surface area contributed by atoms with Gasteiger partial charge in [-0.1, -0.05) is 41.9 Å². The van der Waals surface area contributed by atoms with Crippen molar-refractivity contribution in [2.75, 3.05) is 0 Å². The van der Waals surface area contributed by atoms with E-state index in [4.69, 9.17) is 11.6 Å².